The van der Waals surface area contributed by atoms with Crippen LogP contribution in [0.2, 0.25) is 0 Å². The summed E-state index contributed by atoms with van der Waals surface area (Å²) in [4.78, 5) is 2.73. The highest BCUT2D eigenvalue weighted by Crippen LogP contribution is 2.33. The van der Waals surface area contributed by atoms with Crippen molar-refractivity contribution in [1.82, 2.24) is 5.32 Å². The highest BCUT2D eigenvalue weighted by Gasteiger charge is 2.26. The van der Waals surface area contributed by atoms with Crippen LogP contribution < -0.4 is 10.2 Å². The Kier molecular flexibility index (Phi) is 4.30. The molecule has 2 heteroatoms. The molecule has 0 radical (unpaired) electrons. The highest BCUT2D eigenvalue weighted by molar-refractivity contribution is 5.58. The third-order valence-electron chi connectivity index (χ3n) is 4.76. The molecule has 1 heterocycles. The lowest BCUT2D eigenvalue weighted by Crippen LogP contribution is -2.38. The maximum Gasteiger partial charge on any atom is 0.0417 e. The second kappa shape index (κ2) is 6.17. The van der Waals surface area contributed by atoms with Gasteiger partial charge in [-0.1, -0.05) is 38.8 Å². The fourth-order valence-electron chi connectivity index (χ4n) is 3.82. The maximum absolute atomic E-state index is 3.55. The van der Waals surface area contributed by atoms with Crippen LogP contribution in [0.5, 0.6) is 0 Å². The fraction of sp³-hybridized carbons (Fsp3) is 0.667. The summed E-state index contributed by atoms with van der Waals surface area (Å²) in [5, 5.41) is 3.55. The molecule has 1 saturated carbocycles. The summed E-state index contributed by atoms with van der Waals surface area (Å²) < 4.78 is 0. The van der Waals surface area contributed by atoms with Crippen molar-refractivity contribution in [3.8, 4) is 0 Å². The van der Waals surface area contributed by atoms with Gasteiger partial charge in [0.2, 0.25) is 0 Å². The lowest BCUT2D eigenvalue weighted by Gasteiger charge is -2.36. The number of benzene rings is 1. The van der Waals surface area contributed by atoms with Gasteiger partial charge in [0.05, 0.1) is 0 Å². The highest BCUT2D eigenvalue weighted by atomic mass is 15.2. The van der Waals surface area contributed by atoms with E-state index in [-0.39, 0.29) is 0 Å². The largest absolute Gasteiger partial charge is 0.368 e. The smallest absolute Gasteiger partial charge is 0.0417 e. The van der Waals surface area contributed by atoms with Gasteiger partial charge in [0.1, 0.15) is 0 Å². The molecule has 1 N–H and O–H groups in total. The van der Waals surface area contributed by atoms with Crippen LogP contribution in [0.4, 0.5) is 5.69 Å². The molecule has 0 atom stereocenters. The summed E-state index contributed by atoms with van der Waals surface area (Å²) in [5.41, 5.74) is 4.63. The first-order valence-corrected chi connectivity index (χ1v) is 8.34. The summed E-state index contributed by atoms with van der Waals surface area (Å²) in [5.74, 6) is 0.725. The SMILES string of the molecule is CC(C)CN(c1cccc2c1CNCC2)C1CCCC1. The van der Waals surface area contributed by atoms with Crippen molar-refractivity contribution in [2.24, 2.45) is 5.92 Å². The normalized spacial score (nSPS) is 19.4. The minimum Gasteiger partial charge on any atom is -0.368 e. The van der Waals surface area contributed by atoms with Gasteiger partial charge in [-0.25, -0.2) is 0 Å². The Morgan fingerprint density at radius 3 is 2.80 bits per heavy atom. The summed E-state index contributed by atoms with van der Waals surface area (Å²) in [6, 6.07) is 7.71. The maximum atomic E-state index is 3.55. The molecule has 0 unspecified atom stereocenters. The van der Waals surface area contributed by atoms with Crippen molar-refractivity contribution >= 4 is 5.69 Å². The van der Waals surface area contributed by atoms with E-state index in [1.807, 2.05) is 0 Å². The van der Waals surface area contributed by atoms with E-state index in [1.54, 1.807) is 11.1 Å². The summed E-state index contributed by atoms with van der Waals surface area (Å²) in [7, 11) is 0. The third kappa shape index (κ3) is 2.85. The lowest BCUT2D eigenvalue weighted by atomic mass is 9.97. The molecular weight excluding hydrogens is 244 g/mol. The Morgan fingerprint density at radius 2 is 2.05 bits per heavy atom. The van der Waals surface area contributed by atoms with Crippen LogP contribution in [-0.4, -0.2) is 19.1 Å². The van der Waals surface area contributed by atoms with Crippen LogP contribution in [0.25, 0.3) is 0 Å². The molecule has 0 saturated heterocycles. The summed E-state index contributed by atoms with van der Waals surface area (Å²) in [6.45, 7) is 8.06. The molecule has 1 aromatic rings. The Bertz CT molecular complexity index is 447. The standard InChI is InChI=1S/C18H28N2/c1-14(2)13-20(16-7-3-4-8-16)18-9-5-6-15-10-11-19-12-17(15)18/h5-6,9,14,16,19H,3-4,7-8,10-13H2,1-2H3. The van der Waals surface area contributed by atoms with Gasteiger partial charge in [-0.2, -0.15) is 0 Å². The third-order valence-corrected chi connectivity index (χ3v) is 4.76. The first-order chi connectivity index (χ1) is 9.75. The second-order valence-corrected chi connectivity index (χ2v) is 6.83. The second-order valence-electron chi connectivity index (χ2n) is 6.83. The summed E-state index contributed by atoms with van der Waals surface area (Å²) in [6.07, 6.45) is 6.76. The molecule has 0 aromatic heterocycles. The van der Waals surface area contributed by atoms with Crippen LogP contribution in [0.3, 0.4) is 0 Å². The fourth-order valence-corrected chi connectivity index (χ4v) is 3.82. The predicted octanol–water partition coefficient (Wildman–Crippen LogP) is 3.74. The minimum atomic E-state index is 0.725. The number of hydrogen-bond acceptors (Lipinski definition) is 2. The van der Waals surface area contributed by atoms with Crippen LogP contribution in [0.1, 0.15) is 50.7 Å². The molecule has 1 aromatic carbocycles. The molecule has 2 aliphatic rings. The van der Waals surface area contributed by atoms with Crippen molar-refractivity contribution in [3.63, 3.8) is 0 Å². The number of rotatable bonds is 4. The van der Waals surface area contributed by atoms with E-state index in [0.29, 0.717) is 0 Å². The van der Waals surface area contributed by atoms with E-state index < -0.39 is 0 Å². The van der Waals surface area contributed by atoms with E-state index >= 15 is 0 Å². The topological polar surface area (TPSA) is 15.3 Å². The molecular formula is C18H28N2. The quantitative estimate of drug-likeness (QED) is 0.898. The molecule has 0 amide bonds. The predicted molar refractivity (Wildman–Crippen MR) is 86.3 cm³/mol. The number of nitrogens with one attached hydrogen (secondary N) is 1. The molecule has 110 valence electrons. The molecule has 2 nitrogen and oxygen atoms in total. The van der Waals surface area contributed by atoms with Crippen molar-refractivity contribution in [1.29, 1.82) is 0 Å². The van der Waals surface area contributed by atoms with Crippen molar-refractivity contribution in [3.05, 3.63) is 29.3 Å². The van der Waals surface area contributed by atoms with E-state index in [2.05, 4.69) is 42.3 Å². The first-order valence-electron chi connectivity index (χ1n) is 8.34. The van der Waals surface area contributed by atoms with Gasteiger partial charge in [0.25, 0.3) is 0 Å². The Balaban J connectivity index is 1.93. The number of hydrogen-bond donors (Lipinski definition) is 1. The lowest BCUT2D eigenvalue weighted by molar-refractivity contribution is 0.530. The number of anilines is 1. The molecule has 3 rings (SSSR count). The van der Waals surface area contributed by atoms with E-state index in [0.717, 1.165) is 25.0 Å². The van der Waals surface area contributed by atoms with E-state index in [9.17, 15) is 0 Å². The van der Waals surface area contributed by atoms with Crippen LogP contribution in [0, 0.1) is 5.92 Å². The van der Waals surface area contributed by atoms with Gasteiger partial charge in [-0.3, -0.25) is 0 Å². The zero-order valence-electron chi connectivity index (χ0n) is 13.0. The van der Waals surface area contributed by atoms with E-state index in [4.69, 9.17) is 0 Å². The van der Waals surface area contributed by atoms with Crippen molar-refractivity contribution in [2.75, 3.05) is 18.0 Å². The molecule has 1 fully saturated rings. The van der Waals surface area contributed by atoms with Crippen LogP contribution in [-0.2, 0) is 13.0 Å². The number of nitrogens with zero attached hydrogens (tertiary/aromatic N) is 1. The van der Waals surface area contributed by atoms with Gasteiger partial charge < -0.3 is 10.2 Å². The monoisotopic (exact) mass is 272 g/mol. The van der Waals surface area contributed by atoms with Crippen LogP contribution >= 0.6 is 0 Å². The Labute approximate surface area is 123 Å². The number of fused-ring (bicyclic) bond motifs is 1. The van der Waals surface area contributed by atoms with Gasteiger partial charge in [-0.05, 0) is 48.9 Å². The van der Waals surface area contributed by atoms with Crippen molar-refractivity contribution < 1.29 is 0 Å². The van der Waals surface area contributed by atoms with Crippen molar-refractivity contribution in [2.45, 2.75) is 58.5 Å². The van der Waals surface area contributed by atoms with Gasteiger partial charge in [0.15, 0.2) is 0 Å². The zero-order valence-corrected chi connectivity index (χ0v) is 13.0. The average molecular weight is 272 g/mol. The van der Waals surface area contributed by atoms with Gasteiger partial charge in [-0.15, -0.1) is 0 Å². The van der Waals surface area contributed by atoms with Gasteiger partial charge in [0, 0.05) is 24.8 Å². The van der Waals surface area contributed by atoms with Crippen LogP contribution in [0.15, 0.2) is 18.2 Å². The Morgan fingerprint density at radius 1 is 1.25 bits per heavy atom. The molecule has 1 aliphatic carbocycles. The van der Waals surface area contributed by atoms with Gasteiger partial charge >= 0.3 is 0 Å². The molecule has 1 aliphatic heterocycles. The molecule has 0 bridgehead atoms. The molecule has 0 spiro atoms. The van der Waals surface area contributed by atoms with E-state index in [1.165, 1.54) is 44.3 Å². The Hall–Kier alpha value is -1.02. The first kappa shape index (κ1) is 13.9. The average Bonchev–Trinajstić information content (AvgIpc) is 2.98. The zero-order chi connectivity index (χ0) is 13.9. The summed E-state index contributed by atoms with van der Waals surface area (Å²) >= 11 is 0. The molecule has 20 heavy (non-hydrogen) atoms. The minimum absolute atomic E-state index is 0.725.